The van der Waals surface area contributed by atoms with Crippen LogP contribution in [0.25, 0.3) is 26.5 Å². The van der Waals surface area contributed by atoms with E-state index in [1.165, 1.54) is 11.3 Å². The lowest BCUT2D eigenvalue weighted by Gasteiger charge is -2.10. The zero-order valence-corrected chi connectivity index (χ0v) is 16.4. The van der Waals surface area contributed by atoms with Gasteiger partial charge in [0.1, 0.15) is 16.3 Å². The van der Waals surface area contributed by atoms with Gasteiger partial charge in [-0.1, -0.05) is 29.5 Å². The molecule has 5 rings (SSSR count). The molecule has 0 saturated carbocycles. The van der Waals surface area contributed by atoms with Gasteiger partial charge in [-0.05, 0) is 37.3 Å². The molecule has 0 aliphatic carbocycles. The van der Waals surface area contributed by atoms with Crippen LogP contribution in [0.15, 0.2) is 52.9 Å². The number of anilines is 1. The van der Waals surface area contributed by atoms with Gasteiger partial charge in [-0.3, -0.25) is 4.79 Å². The number of para-hydroxylation sites is 1. The lowest BCUT2D eigenvalue weighted by Crippen LogP contribution is -2.11. The molecule has 144 valence electrons. The summed E-state index contributed by atoms with van der Waals surface area (Å²) >= 11 is 1.42. The Morgan fingerprint density at radius 3 is 2.83 bits per heavy atom. The molecule has 3 heterocycles. The van der Waals surface area contributed by atoms with Crippen molar-refractivity contribution in [3.05, 3.63) is 60.1 Å². The second-order valence-electron chi connectivity index (χ2n) is 6.37. The minimum absolute atomic E-state index is 0.230. The summed E-state index contributed by atoms with van der Waals surface area (Å²) in [6.07, 6.45) is 0. The molecule has 0 aliphatic rings. The Bertz CT molecular complexity index is 1330. The normalized spacial score (nSPS) is 11.2. The predicted octanol–water partition coefficient (Wildman–Crippen LogP) is 4.17. The standard InChI is InChI=1S/C20H15N5O3S/c1-11-22-23-20-25(11)24-19(29-20)13-7-8-16(27-2)14(9-13)21-18(26)17-10-12-5-3-4-6-15(12)28-17/h3-10H,1-2H3,(H,21,26). The van der Waals surface area contributed by atoms with Crippen LogP contribution in [0.3, 0.4) is 0 Å². The van der Waals surface area contributed by atoms with Crippen molar-refractivity contribution >= 4 is 38.9 Å². The molecule has 0 bridgehead atoms. The van der Waals surface area contributed by atoms with E-state index >= 15 is 0 Å². The number of carbonyl (C=O) groups excluding carboxylic acids is 1. The van der Waals surface area contributed by atoms with Gasteiger partial charge in [0.05, 0.1) is 12.8 Å². The van der Waals surface area contributed by atoms with Crippen LogP contribution in [-0.2, 0) is 0 Å². The van der Waals surface area contributed by atoms with Crippen LogP contribution in [0.1, 0.15) is 16.4 Å². The summed E-state index contributed by atoms with van der Waals surface area (Å²) in [5.41, 5.74) is 2.02. The highest BCUT2D eigenvalue weighted by atomic mass is 32.1. The Morgan fingerprint density at radius 1 is 1.17 bits per heavy atom. The van der Waals surface area contributed by atoms with Crippen molar-refractivity contribution in [3.8, 4) is 16.3 Å². The first-order valence-electron chi connectivity index (χ1n) is 8.79. The molecule has 9 heteroatoms. The maximum absolute atomic E-state index is 12.7. The summed E-state index contributed by atoms with van der Waals surface area (Å²) in [4.78, 5) is 13.5. The van der Waals surface area contributed by atoms with E-state index in [9.17, 15) is 4.79 Å². The second kappa shape index (κ2) is 6.71. The Labute approximate surface area is 168 Å². The highest BCUT2D eigenvalue weighted by Crippen LogP contribution is 2.33. The van der Waals surface area contributed by atoms with Crippen molar-refractivity contribution in [1.29, 1.82) is 0 Å². The van der Waals surface area contributed by atoms with E-state index < -0.39 is 0 Å². The molecule has 29 heavy (non-hydrogen) atoms. The second-order valence-corrected chi connectivity index (χ2v) is 7.32. The monoisotopic (exact) mass is 405 g/mol. The van der Waals surface area contributed by atoms with Crippen LogP contribution in [0.5, 0.6) is 5.75 Å². The average molecular weight is 405 g/mol. The number of hydrogen-bond acceptors (Lipinski definition) is 7. The fourth-order valence-corrected chi connectivity index (χ4v) is 3.93. The predicted molar refractivity (Wildman–Crippen MR) is 110 cm³/mol. The number of aromatic nitrogens is 4. The summed E-state index contributed by atoms with van der Waals surface area (Å²) in [6, 6.07) is 14.7. The topological polar surface area (TPSA) is 94.5 Å². The van der Waals surface area contributed by atoms with Gasteiger partial charge in [-0.15, -0.1) is 10.2 Å². The fraction of sp³-hybridized carbons (Fsp3) is 0.100. The lowest BCUT2D eigenvalue weighted by atomic mass is 10.2. The maximum atomic E-state index is 12.7. The van der Waals surface area contributed by atoms with E-state index in [0.717, 1.165) is 21.8 Å². The third-order valence-corrected chi connectivity index (χ3v) is 5.44. The third kappa shape index (κ3) is 3.01. The summed E-state index contributed by atoms with van der Waals surface area (Å²) in [5.74, 6) is 1.13. The summed E-state index contributed by atoms with van der Waals surface area (Å²) in [5, 5.41) is 17.1. The third-order valence-electron chi connectivity index (χ3n) is 4.49. The molecule has 0 atom stereocenters. The number of amides is 1. The summed E-state index contributed by atoms with van der Waals surface area (Å²) in [6.45, 7) is 1.84. The molecular weight excluding hydrogens is 390 g/mol. The minimum Gasteiger partial charge on any atom is -0.495 e. The van der Waals surface area contributed by atoms with Crippen molar-refractivity contribution in [1.82, 2.24) is 19.8 Å². The van der Waals surface area contributed by atoms with E-state index in [4.69, 9.17) is 9.15 Å². The van der Waals surface area contributed by atoms with Crippen molar-refractivity contribution < 1.29 is 13.9 Å². The van der Waals surface area contributed by atoms with Crippen LogP contribution in [0, 0.1) is 6.92 Å². The number of rotatable bonds is 4. The molecule has 0 spiro atoms. The van der Waals surface area contributed by atoms with Gasteiger partial charge < -0.3 is 14.5 Å². The van der Waals surface area contributed by atoms with Gasteiger partial charge in [-0.2, -0.15) is 9.61 Å². The molecule has 1 amide bonds. The average Bonchev–Trinajstić information content (AvgIpc) is 3.43. The van der Waals surface area contributed by atoms with Crippen LogP contribution >= 0.6 is 11.3 Å². The number of methoxy groups -OCH3 is 1. The van der Waals surface area contributed by atoms with Crippen LogP contribution in [-0.4, -0.2) is 32.8 Å². The molecule has 0 unspecified atom stereocenters. The number of nitrogens with zero attached hydrogens (tertiary/aromatic N) is 4. The zero-order chi connectivity index (χ0) is 20.0. The highest BCUT2D eigenvalue weighted by Gasteiger charge is 2.17. The highest BCUT2D eigenvalue weighted by molar-refractivity contribution is 7.19. The number of fused-ring (bicyclic) bond motifs is 2. The van der Waals surface area contributed by atoms with Crippen LogP contribution < -0.4 is 10.1 Å². The van der Waals surface area contributed by atoms with E-state index in [1.807, 2.05) is 43.3 Å². The number of hydrogen-bond donors (Lipinski definition) is 1. The molecule has 2 aromatic carbocycles. The first kappa shape index (κ1) is 17.4. The lowest BCUT2D eigenvalue weighted by molar-refractivity contribution is 0.0998. The maximum Gasteiger partial charge on any atom is 0.291 e. The molecule has 3 aromatic heterocycles. The van der Waals surface area contributed by atoms with E-state index in [0.29, 0.717) is 22.0 Å². The largest absolute Gasteiger partial charge is 0.495 e. The fourth-order valence-electron chi connectivity index (χ4n) is 3.05. The minimum atomic E-state index is -0.356. The number of carbonyl (C=O) groups is 1. The van der Waals surface area contributed by atoms with Crippen molar-refractivity contribution in [2.24, 2.45) is 0 Å². The van der Waals surface area contributed by atoms with Gasteiger partial charge in [0.15, 0.2) is 11.6 Å². The Balaban J connectivity index is 1.49. The number of ether oxygens (including phenoxy) is 1. The van der Waals surface area contributed by atoms with Gasteiger partial charge in [0.2, 0.25) is 4.96 Å². The molecule has 0 saturated heterocycles. The van der Waals surface area contributed by atoms with Crippen LogP contribution in [0.2, 0.25) is 0 Å². The van der Waals surface area contributed by atoms with E-state index in [2.05, 4.69) is 20.6 Å². The summed E-state index contributed by atoms with van der Waals surface area (Å²) in [7, 11) is 1.55. The number of aryl methyl sites for hydroxylation is 1. The first-order valence-corrected chi connectivity index (χ1v) is 9.61. The molecular formula is C20H15N5O3S. The van der Waals surface area contributed by atoms with Crippen LogP contribution in [0.4, 0.5) is 5.69 Å². The Morgan fingerprint density at radius 2 is 2.03 bits per heavy atom. The number of furan rings is 1. The van der Waals surface area contributed by atoms with Gasteiger partial charge >= 0.3 is 0 Å². The molecule has 1 N–H and O–H groups in total. The van der Waals surface area contributed by atoms with Crippen molar-refractivity contribution in [2.75, 3.05) is 12.4 Å². The van der Waals surface area contributed by atoms with Gasteiger partial charge in [0.25, 0.3) is 5.91 Å². The van der Waals surface area contributed by atoms with Crippen molar-refractivity contribution in [3.63, 3.8) is 0 Å². The molecule has 0 aliphatic heterocycles. The molecule has 5 aromatic rings. The molecule has 0 radical (unpaired) electrons. The van der Waals surface area contributed by atoms with Gasteiger partial charge in [0, 0.05) is 10.9 Å². The quantitative estimate of drug-likeness (QED) is 0.482. The Hall–Kier alpha value is -3.72. The van der Waals surface area contributed by atoms with Crippen molar-refractivity contribution in [2.45, 2.75) is 6.92 Å². The summed E-state index contributed by atoms with van der Waals surface area (Å²) < 4.78 is 12.7. The smallest absolute Gasteiger partial charge is 0.291 e. The Kier molecular flexibility index (Phi) is 4.02. The molecule has 0 fully saturated rings. The number of nitrogens with one attached hydrogen (secondary N) is 1. The zero-order valence-electron chi connectivity index (χ0n) is 15.5. The van der Waals surface area contributed by atoms with E-state index in [1.54, 1.807) is 23.8 Å². The first-order chi connectivity index (χ1) is 14.1. The molecule has 8 nitrogen and oxygen atoms in total. The van der Waals surface area contributed by atoms with Gasteiger partial charge in [-0.25, -0.2) is 0 Å². The SMILES string of the molecule is COc1ccc(-c2nn3c(C)nnc3s2)cc1NC(=O)c1cc2ccccc2o1. The van der Waals surface area contributed by atoms with E-state index in [-0.39, 0.29) is 11.7 Å². The number of benzene rings is 2.